The molecule has 0 amide bonds. The molecule has 3 heterocycles. The van der Waals surface area contributed by atoms with Crippen LogP contribution in [0.25, 0.3) is 33.7 Å². The molecule has 1 aromatic carbocycles. The molecule has 26 heavy (non-hydrogen) atoms. The van der Waals surface area contributed by atoms with Gasteiger partial charge in [-0.2, -0.15) is 0 Å². The molecule has 0 bridgehead atoms. The van der Waals surface area contributed by atoms with Crippen LogP contribution in [0.15, 0.2) is 22.7 Å². The molecule has 10 heteroatoms. The fourth-order valence-electron chi connectivity index (χ4n) is 2.67. The largest absolute Gasteiger partial charge is 0.479 e. The van der Waals surface area contributed by atoms with Gasteiger partial charge in [-0.25, -0.2) is 4.39 Å². The lowest BCUT2D eigenvalue weighted by Gasteiger charge is -2.08. The summed E-state index contributed by atoms with van der Waals surface area (Å²) >= 11 is 12.4. The maximum atomic E-state index is 14.2. The number of aromatic nitrogens is 5. The van der Waals surface area contributed by atoms with E-state index in [4.69, 9.17) is 27.7 Å². The molecule has 3 N–H and O–H groups in total. The van der Waals surface area contributed by atoms with Gasteiger partial charge in [0.25, 0.3) is 0 Å². The lowest BCUT2D eigenvalue weighted by Crippen LogP contribution is -2.11. The molecule has 0 saturated heterocycles. The van der Waals surface area contributed by atoms with Crippen molar-refractivity contribution in [3.8, 4) is 28.7 Å². The molecule has 4 rings (SSSR count). The zero-order valence-corrected chi connectivity index (χ0v) is 15.1. The van der Waals surface area contributed by atoms with Crippen LogP contribution in [0.4, 0.5) is 4.39 Å². The molecule has 0 spiro atoms. The predicted octanol–water partition coefficient (Wildman–Crippen LogP) is 4.83. The Morgan fingerprint density at radius 3 is 2.58 bits per heavy atom. The van der Waals surface area contributed by atoms with Gasteiger partial charge in [0.1, 0.15) is 5.69 Å². The van der Waals surface area contributed by atoms with Crippen molar-refractivity contribution in [3.63, 3.8) is 0 Å². The van der Waals surface area contributed by atoms with Crippen LogP contribution in [0, 0.1) is 0 Å². The molecule has 0 radical (unpaired) electrons. The first-order valence-corrected chi connectivity index (χ1v) is 8.29. The molecule has 0 aliphatic heterocycles. The highest BCUT2D eigenvalue weighted by atomic mass is 35.5. The van der Waals surface area contributed by atoms with E-state index in [0.717, 1.165) is 0 Å². The smallest absolute Gasteiger partial charge is 0.309 e. The number of aromatic amines is 2. The third-order valence-corrected chi connectivity index (χ3v) is 4.71. The van der Waals surface area contributed by atoms with E-state index in [1.807, 2.05) is 0 Å². The van der Waals surface area contributed by atoms with Crippen molar-refractivity contribution in [2.45, 2.75) is 19.5 Å². The van der Waals surface area contributed by atoms with Crippen LogP contribution >= 0.6 is 23.2 Å². The standard InChI is InChI=1S/C16H12Cl2FN5O2/c1-16(2,19)15-21-14(22-23-15)13-10(8-5-9(25)26-24-8)6-3-4-7(17)11(18)12(6)20-13/h3-5,20,25H,1-2H3,(H,21,22,23). The fraction of sp³-hybridized carbons (Fsp3) is 0.188. The Kier molecular flexibility index (Phi) is 3.71. The van der Waals surface area contributed by atoms with Crippen molar-refractivity contribution in [1.29, 1.82) is 0 Å². The first kappa shape index (κ1) is 16.9. The van der Waals surface area contributed by atoms with Crippen molar-refractivity contribution >= 4 is 34.1 Å². The normalized spacial score (nSPS) is 12.2. The van der Waals surface area contributed by atoms with E-state index in [0.29, 0.717) is 37.9 Å². The van der Waals surface area contributed by atoms with Crippen LogP contribution in [0.5, 0.6) is 5.95 Å². The van der Waals surface area contributed by atoms with Crippen LogP contribution in [0.2, 0.25) is 10.0 Å². The van der Waals surface area contributed by atoms with E-state index in [1.165, 1.54) is 19.9 Å². The highest BCUT2D eigenvalue weighted by molar-refractivity contribution is 6.45. The number of rotatable bonds is 3. The van der Waals surface area contributed by atoms with Gasteiger partial charge in [-0.1, -0.05) is 34.4 Å². The van der Waals surface area contributed by atoms with Crippen molar-refractivity contribution in [2.24, 2.45) is 0 Å². The van der Waals surface area contributed by atoms with Gasteiger partial charge < -0.3 is 19.6 Å². The summed E-state index contributed by atoms with van der Waals surface area (Å²) in [6.07, 6.45) is 0. The first-order chi connectivity index (χ1) is 12.3. The highest BCUT2D eigenvalue weighted by Crippen LogP contribution is 2.42. The van der Waals surface area contributed by atoms with Gasteiger partial charge in [-0.15, -0.1) is 10.2 Å². The second kappa shape index (κ2) is 5.72. The monoisotopic (exact) mass is 395 g/mol. The number of alkyl halides is 1. The van der Waals surface area contributed by atoms with Gasteiger partial charge >= 0.3 is 5.95 Å². The number of nitrogens with zero attached hydrogens (tertiary/aromatic N) is 3. The maximum absolute atomic E-state index is 14.2. The number of halogens is 3. The first-order valence-electron chi connectivity index (χ1n) is 7.54. The third kappa shape index (κ3) is 2.62. The molecule has 0 unspecified atom stereocenters. The van der Waals surface area contributed by atoms with Gasteiger partial charge in [-0.3, -0.25) is 0 Å². The summed E-state index contributed by atoms with van der Waals surface area (Å²) in [4.78, 5) is 5.98. The summed E-state index contributed by atoms with van der Waals surface area (Å²) in [5.74, 6) is 0.0133. The number of nitrogens with one attached hydrogen (secondary N) is 2. The van der Waals surface area contributed by atoms with Gasteiger partial charge in [-0.05, 0) is 19.9 Å². The lowest BCUT2D eigenvalue weighted by molar-refractivity contribution is 0.207. The molecule has 0 aliphatic rings. The minimum atomic E-state index is -1.69. The zero-order valence-electron chi connectivity index (χ0n) is 13.6. The number of aromatic hydroxyl groups is 1. The van der Waals surface area contributed by atoms with Gasteiger partial charge in [0.15, 0.2) is 17.3 Å². The van der Waals surface area contributed by atoms with E-state index in [1.54, 1.807) is 12.1 Å². The topological polar surface area (TPSA) is 104 Å². The minimum absolute atomic E-state index is 0.0734. The van der Waals surface area contributed by atoms with E-state index >= 15 is 0 Å². The molecule has 3 aromatic heterocycles. The van der Waals surface area contributed by atoms with E-state index < -0.39 is 5.67 Å². The predicted molar refractivity (Wildman–Crippen MR) is 95.0 cm³/mol. The Morgan fingerprint density at radius 1 is 1.19 bits per heavy atom. The van der Waals surface area contributed by atoms with Crippen molar-refractivity contribution in [1.82, 2.24) is 25.3 Å². The summed E-state index contributed by atoms with van der Waals surface area (Å²) in [6.45, 7) is 2.74. The Morgan fingerprint density at radius 2 is 1.96 bits per heavy atom. The summed E-state index contributed by atoms with van der Waals surface area (Å²) in [6, 6.07) is 4.75. The molecule has 7 nitrogen and oxygen atoms in total. The van der Waals surface area contributed by atoms with E-state index in [9.17, 15) is 9.50 Å². The molecule has 0 atom stereocenters. The lowest BCUT2D eigenvalue weighted by atomic mass is 10.1. The maximum Gasteiger partial charge on any atom is 0.309 e. The molecule has 0 fully saturated rings. The van der Waals surface area contributed by atoms with Gasteiger partial charge in [0, 0.05) is 10.9 Å². The Balaban J connectivity index is 2.02. The van der Waals surface area contributed by atoms with Crippen LogP contribution in [0.3, 0.4) is 0 Å². The number of hydrogen-bond donors (Lipinski definition) is 3. The third-order valence-electron chi connectivity index (χ3n) is 3.90. The van der Waals surface area contributed by atoms with Crippen LogP contribution in [-0.2, 0) is 5.67 Å². The quantitative estimate of drug-likeness (QED) is 0.461. The second-order valence-corrected chi connectivity index (χ2v) is 6.99. The average Bonchev–Trinajstić information content (AvgIpc) is 3.27. The van der Waals surface area contributed by atoms with Gasteiger partial charge in [0.05, 0.1) is 27.3 Å². The minimum Gasteiger partial charge on any atom is -0.479 e. The van der Waals surface area contributed by atoms with E-state index in [2.05, 4.69) is 25.3 Å². The molecule has 134 valence electrons. The zero-order chi connectivity index (χ0) is 18.6. The number of benzene rings is 1. The van der Waals surface area contributed by atoms with Crippen LogP contribution in [-0.4, -0.2) is 30.4 Å². The van der Waals surface area contributed by atoms with E-state index in [-0.39, 0.29) is 17.6 Å². The SMILES string of the molecule is CC(C)(F)c1nnc(-c2[nH]c3c(Cl)c(Cl)ccc3c2-c2cc(O)on2)[nH]1. The molecule has 4 aromatic rings. The summed E-state index contributed by atoms with van der Waals surface area (Å²) in [7, 11) is 0. The van der Waals surface area contributed by atoms with Crippen molar-refractivity contribution in [3.05, 3.63) is 34.1 Å². The summed E-state index contributed by atoms with van der Waals surface area (Å²) < 4.78 is 18.9. The number of fused-ring (bicyclic) bond motifs is 1. The summed E-state index contributed by atoms with van der Waals surface area (Å²) in [5.41, 5.74) is 0.219. The van der Waals surface area contributed by atoms with Crippen molar-refractivity contribution in [2.75, 3.05) is 0 Å². The molecule has 0 aliphatic carbocycles. The molecular weight excluding hydrogens is 384 g/mol. The van der Waals surface area contributed by atoms with Gasteiger partial charge in [0.2, 0.25) is 0 Å². The second-order valence-electron chi connectivity index (χ2n) is 6.20. The summed E-state index contributed by atoms with van der Waals surface area (Å²) in [5, 5.41) is 22.6. The number of H-pyrrole nitrogens is 2. The van der Waals surface area contributed by atoms with Crippen LogP contribution in [0.1, 0.15) is 19.7 Å². The Bertz CT molecular complexity index is 1130. The Hall–Kier alpha value is -2.58. The molecule has 0 saturated carbocycles. The van der Waals surface area contributed by atoms with Crippen molar-refractivity contribution < 1.29 is 14.0 Å². The molecular formula is C16H12Cl2FN5O2. The average molecular weight is 396 g/mol. The number of hydrogen-bond acceptors (Lipinski definition) is 5. The fourth-order valence-corrected chi connectivity index (χ4v) is 3.04. The van der Waals surface area contributed by atoms with Crippen LogP contribution < -0.4 is 0 Å². The highest BCUT2D eigenvalue weighted by Gasteiger charge is 2.27. The Labute approximate surface area is 156 Å².